The molecule has 0 aromatic heterocycles. The minimum absolute atomic E-state index is 0.218. The highest BCUT2D eigenvalue weighted by molar-refractivity contribution is 5.97. The molecule has 154 valence electrons. The molecule has 2 amide bonds. The van der Waals surface area contributed by atoms with Gasteiger partial charge in [0.05, 0.1) is 17.8 Å². The molecule has 0 atom stereocenters. The molecular weight excluding hydrogens is 392 g/mol. The lowest BCUT2D eigenvalue weighted by Crippen LogP contribution is -2.18. The van der Waals surface area contributed by atoms with E-state index in [2.05, 4.69) is 21.9 Å². The molecular formula is C24H20N4O3. The van der Waals surface area contributed by atoms with Gasteiger partial charge in [-0.15, -0.1) is 0 Å². The average Bonchev–Trinajstić information content (AvgIpc) is 2.78. The molecule has 0 spiro atoms. The number of carbonyl (C=O) groups excluding carboxylic acids is 2. The van der Waals surface area contributed by atoms with Crippen molar-refractivity contribution in [3.8, 4) is 11.8 Å². The minimum atomic E-state index is -0.412. The molecule has 0 fully saturated rings. The third kappa shape index (κ3) is 6.02. The standard InChI is InChI=1S/C24H20N4O3/c1-17(29)27-22-11-6-10-18(13-22)24(30)28-26-15-20-8-4-5-12-23(20)31-16-21-9-3-2-7-19(21)14-25/h2-13,15H,16H2,1H3,(H,27,29)(H,28,30). The van der Waals surface area contributed by atoms with Crippen LogP contribution in [0.3, 0.4) is 0 Å². The van der Waals surface area contributed by atoms with E-state index in [1.54, 1.807) is 48.5 Å². The summed E-state index contributed by atoms with van der Waals surface area (Å²) in [5.74, 6) is -0.0599. The fourth-order valence-corrected chi connectivity index (χ4v) is 2.80. The van der Waals surface area contributed by atoms with Crippen molar-refractivity contribution in [1.82, 2.24) is 5.43 Å². The van der Waals surface area contributed by atoms with E-state index in [1.807, 2.05) is 24.3 Å². The SMILES string of the molecule is CC(=O)Nc1cccc(C(=O)NN=Cc2ccccc2OCc2ccccc2C#N)c1. The van der Waals surface area contributed by atoms with Crippen molar-refractivity contribution >= 4 is 23.7 Å². The van der Waals surface area contributed by atoms with Crippen molar-refractivity contribution in [3.63, 3.8) is 0 Å². The van der Waals surface area contributed by atoms with Crippen LogP contribution >= 0.6 is 0 Å². The van der Waals surface area contributed by atoms with E-state index in [0.29, 0.717) is 28.1 Å². The molecule has 7 nitrogen and oxygen atoms in total. The normalized spacial score (nSPS) is 10.3. The summed E-state index contributed by atoms with van der Waals surface area (Å²) in [6.45, 7) is 1.63. The third-order valence-electron chi connectivity index (χ3n) is 4.25. The van der Waals surface area contributed by atoms with Gasteiger partial charge in [-0.05, 0) is 36.4 Å². The van der Waals surface area contributed by atoms with Crippen LogP contribution in [0.2, 0.25) is 0 Å². The Hall–Kier alpha value is -4.44. The molecule has 0 unspecified atom stereocenters. The number of hydrazone groups is 1. The maximum atomic E-state index is 12.3. The number of nitrogens with zero attached hydrogens (tertiary/aromatic N) is 2. The fourth-order valence-electron chi connectivity index (χ4n) is 2.80. The summed E-state index contributed by atoms with van der Waals surface area (Å²) in [5, 5.41) is 15.8. The van der Waals surface area contributed by atoms with Crippen LogP contribution < -0.4 is 15.5 Å². The van der Waals surface area contributed by atoms with Gasteiger partial charge in [-0.25, -0.2) is 5.43 Å². The first-order valence-electron chi connectivity index (χ1n) is 9.47. The zero-order chi connectivity index (χ0) is 22.1. The van der Waals surface area contributed by atoms with E-state index < -0.39 is 5.91 Å². The van der Waals surface area contributed by atoms with Crippen molar-refractivity contribution in [2.24, 2.45) is 5.10 Å². The van der Waals surface area contributed by atoms with E-state index in [4.69, 9.17) is 4.74 Å². The Labute approximate surface area is 180 Å². The fraction of sp³-hybridized carbons (Fsp3) is 0.0833. The van der Waals surface area contributed by atoms with Crippen LogP contribution in [0.4, 0.5) is 5.69 Å². The summed E-state index contributed by atoms with van der Waals surface area (Å²) < 4.78 is 5.87. The van der Waals surface area contributed by atoms with Crippen LogP contribution in [0.25, 0.3) is 0 Å². The van der Waals surface area contributed by atoms with E-state index in [-0.39, 0.29) is 12.5 Å². The molecule has 0 radical (unpaired) electrons. The summed E-state index contributed by atoms with van der Waals surface area (Å²) in [4.78, 5) is 23.5. The molecule has 0 aliphatic heterocycles. The van der Waals surface area contributed by atoms with Gasteiger partial charge < -0.3 is 10.1 Å². The number of amides is 2. The Bertz CT molecular complexity index is 1170. The summed E-state index contributed by atoms with van der Waals surface area (Å²) >= 11 is 0. The molecule has 0 bridgehead atoms. The lowest BCUT2D eigenvalue weighted by Gasteiger charge is -2.10. The largest absolute Gasteiger partial charge is 0.488 e. The van der Waals surface area contributed by atoms with Crippen LogP contribution in [0, 0.1) is 11.3 Å². The molecule has 7 heteroatoms. The van der Waals surface area contributed by atoms with Gasteiger partial charge >= 0.3 is 0 Å². The van der Waals surface area contributed by atoms with E-state index in [0.717, 1.165) is 5.56 Å². The second-order valence-corrected chi connectivity index (χ2v) is 6.56. The first-order chi connectivity index (χ1) is 15.1. The van der Waals surface area contributed by atoms with Crippen LogP contribution in [-0.2, 0) is 11.4 Å². The highest BCUT2D eigenvalue weighted by Crippen LogP contribution is 2.19. The first-order valence-corrected chi connectivity index (χ1v) is 9.47. The number of carbonyl (C=O) groups is 2. The number of ether oxygens (including phenoxy) is 1. The zero-order valence-electron chi connectivity index (χ0n) is 16.8. The molecule has 0 saturated heterocycles. The molecule has 0 aliphatic rings. The summed E-state index contributed by atoms with van der Waals surface area (Å²) in [6, 6.07) is 23.2. The quantitative estimate of drug-likeness (QED) is 0.454. The number of nitriles is 1. The first kappa shape index (κ1) is 21.3. The zero-order valence-corrected chi connectivity index (χ0v) is 16.8. The van der Waals surface area contributed by atoms with Crippen molar-refractivity contribution in [2.45, 2.75) is 13.5 Å². The maximum absolute atomic E-state index is 12.3. The van der Waals surface area contributed by atoms with Crippen molar-refractivity contribution in [2.75, 3.05) is 5.32 Å². The molecule has 3 aromatic rings. The molecule has 31 heavy (non-hydrogen) atoms. The minimum Gasteiger partial charge on any atom is -0.488 e. The molecule has 0 aliphatic carbocycles. The number of anilines is 1. The van der Waals surface area contributed by atoms with E-state index in [9.17, 15) is 14.9 Å². The number of hydrogen-bond donors (Lipinski definition) is 2. The molecule has 3 rings (SSSR count). The van der Waals surface area contributed by atoms with Gasteiger partial charge in [0.15, 0.2) is 0 Å². The lowest BCUT2D eigenvalue weighted by molar-refractivity contribution is -0.114. The summed E-state index contributed by atoms with van der Waals surface area (Å²) in [6.07, 6.45) is 1.49. The molecule has 0 heterocycles. The lowest BCUT2D eigenvalue weighted by atomic mass is 10.1. The summed E-state index contributed by atoms with van der Waals surface area (Å²) in [7, 11) is 0. The number of nitrogens with one attached hydrogen (secondary N) is 2. The van der Waals surface area contributed by atoms with Crippen molar-refractivity contribution in [1.29, 1.82) is 5.26 Å². The smallest absolute Gasteiger partial charge is 0.271 e. The second-order valence-electron chi connectivity index (χ2n) is 6.56. The Morgan fingerprint density at radius 3 is 2.65 bits per heavy atom. The molecule has 3 aromatic carbocycles. The van der Waals surface area contributed by atoms with E-state index >= 15 is 0 Å². The third-order valence-corrected chi connectivity index (χ3v) is 4.25. The highest BCUT2D eigenvalue weighted by atomic mass is 16.5. The predicted molar refractivity (Wildman–Crippen MR) is 118 cm³/mol. The summed E-state index contributed by atoms with van der Waals surface area (Å²) in [5.41, 5.74) is 5.37. The monoisotopic (exact) mass is 412 g/mol. The van der Waals surface area contributed by atoms with Crippen molar-refractivity contribution in [3.05, 3.63) is 95.1 Å². The van der Waals surface area contributed by atoms with Gasteiger partial charge in [-0.1, -0.05) is 36.4 Å². The molecule has 2 N–H and O–H groups in total. The number of benzene rings is 3. The van der Waals surface area contributed by atoms with Crippen molar-refractivity contribution < 1.29 is 14.3 Å². The number of rotatable bonds is 7. The second kappa shape index (κ2) is 10.4. The predicted octanol–water partition coefficient (Wildman–Crippen LogP) is 3.86. The Kier molecular flexibility index (Phi) is 7.12. The van der Waals surface area contributed by atoms with Gasteiger partial charge in [-0.2, -0.15) is 10.4 Å². The number of para-hydroxylation sites is 1. The maximum Gasteiger partial charge on any atom is 0.271 e. The average molecular weight is 412 g/mol. The van der Waals surface area contributed by atoms with Crippen LogP contribution in [0.1, 0.15) is 34.0 Å². The Balaban J connectivity index is 1.66. The topological polar surface area (TPSA) is 104 Å². The van der Waals surface area contributed by atoms with Gasteiger partial charge in [-0.3, -0.25) is 9.59 Å². The van der Waals surface area contributed by atoms with Gasteiger partial charge in [0, 0.05) is 29.3 Å². The van der Waals surface area contributed by atoms with Gasteiger partial charge in [0.25, 0.3) is 5.91 Å². The van der Waals surface area contributed by atoms with Crippen LogP contribution in [0.15, 0.2) is 77.9 Å². The van der Waals surface area contributed by atoms with E-state index in [1.165, 1.54) is 13.1 Å². The highest BCUT2D eigenvalue weighted by Gasteiger charge is 2.07. The molecule has 0 saturated carbocycles. The van der Waals surface area contributed by atoms with Gasteiger partial charge in [0.1, 0.15) is 12.4 Å². The number of hydrogen-bond acceptors (Lipinski definition) is 5. The van der Waals surface area contributed by atoms with Crippen LogP contribution in [-0.4, -0.2) is 18.0 Å². The Morgan fingerprint density at radius 2 is 1.84 bits per heavy atom. The van der Waals surface area contributed by atoms with Crippen LogP contribution in [0.5, 0.6) is 5.75 Å². The Morgan fingerprint density at radius 1 is 1.06 bits per heavy atom. The van der Waals surface area contributed by atoms with Gasteiger partial charge in [0.2, 0.25) is 5.91 Å².